The molecule has 0 aliphatic rings. The predicted molar refractivity (Wildman–Crippen MR) is 102 cm³/mol. The summed E-state index contributed by atoms with van der Waals surface area (Å²) in [5, 5.41) is 0. The van der Waals surface area contributed by atoms with E-state index in [0.717, 1.165) is 31.5 Å². The fourth-order valence-electron chi connectivity index (χ4n) is 2.33. The van der Waals surface area contributed by atoms with Crippen LogP contribution in [-0.2, 0) is 0 Å². The SMILES string of the molecule is ClCCCN(CCCCl)c1ccc(/C=C/c2ccncc2)cc1. The van der Waals surface area contributed by atoms with Crippen molar-refractivity contribution in [2.45, 2.75) is 12.8 Å². The predicted octanol–water partition coefficient (Wildman–Crippen LogP) is 5.32. The summed E-state index contributed by atoms with van der Waals surface area (Å²) in [7, 11) is 0. The number of aromatic nitrogens is 1. The van der Waals surface area contributed by atoms with Crippen LogP contribution in [0.15, 0.2) is 48.8 Å². The maximum atomic E-state index is 5.83. The molecule has 0 saturated carbocycles. The first-order valence-electron chi connectivity index (χ1n) is 7.88. The number of rotatable bonds is 9. The monoisotopic (exact) mass is 348 g/mol. The molecule has 0 fully saturated rings. The van der Waals surface area contributed by atoms with E-state index in [1.54, 1.807) is 12.4 Å². The van der Waals surface area contributed by atoms with Gasteiger partial charge in [-0.3, -0.25) is 4.98 Å². The van der Waals surface area contributed by atoms with Crippen LogP contribution in [0.4, 0.5) is 5.69 Å². The molecular weight excluding hydrogens is 327 g/mol. The topological polar surface area (TPSA) is 16.1 Å². The van der Waals surface area contributed by atoms with Gasteiger partial charge in [0.25, 0.3) is 0 Å². The summed E-state index contributed by atoms with van der Waals surface area (Å²) in [5.41, 5.74) is 3.55. The number of halogens is 2. The van der Waals surface area contributed by atoms with E-state index in [1.807, 2.05) is 12.1 Å². The Morgan fingerprint density at radius 2 is 1.30 bits per heavy atom. The van der Waals surface area contributed by atoms with E-state index >= 15 is 0 Å². The average molecular weight is 349 g/mol. The van der Waals surface area contributed by atoms with Gasteiger partial charge in [-0.05, 0) is 48.2 Å². The van der Waals surface area contributed by atoms with Gasteiger partial charge in [0.15, 0.2) is 0 Å². The Balaban J connectivity index is 2.02. The second-order valence-corrected chi connectivity index (χ2v) is 6.03. The lowest BCUT2D eigenvalue weighted by Gasteiger charge is -2.24. The standard InChI is InChI=1S/C19H22Cl2N2/c20-11-1-15-23(16-2-12-21)19-7-5-17(6-8-19)3-4-18-9-13-22-14-10-18/h3-10,13-14H,1-2,11-12,15-16H2/b4-3+. The highest BCUT2D eigenvalue weighted by Gasteiger charge is 2.05. The van der Waals surface area contributed by atoms with Crippen LogP contribution in [0.25, 0.3) is 12.2 Å². The Morgan fingerprint density at radius 3 is 1.83 bits per heavy atom. The summed E-state index contributed by atoms with van der Waals surface area (Å²) < 4.78 is 0. The maximum Gasteiger partial charge on any atom is 0.0366 e. The number of hydrogen-bond acceptors (Lipinski definition) is 2. The Labute approximate surface area is 148 Å². The lowest BCUT2D eigenvalue weighted by Crippen LogP contribution is -2.26. The van der Waals surface area contributed by atoms with E-state index in [4.69, 9.17) is 23.2 Å². The number of hydrogen-bond donors (Lipinski definition) is 0. The van der Waals surface area contributed by atoms with Gasteiger partial charge in [0.2, 0.25) is 0 Å². The Kier molecular flexibility index (Phi) is 7.99. The van der Waals surface area contributed by atoms with Crippen LogP contribution in [0.2, 0.25) is 0 Å². The molecule has 1 aromatic carbocycles. The molecule has 0 spiro atoms. The van der Waals surface area contributed by atoms with Crippen molar-refractivity contribution in [3.63, 3.8) is 0 Å². The maximum absolute atomic E-state index is 5.83. The molecule has 0 N–H and O–H groups in total. The summed E-state index contributed by atoms with van der Waals surface area (Å²) >= 11 is 11.7. The van der Waals surface area contributed by atoms with Crippen LogP contribution >= 0.6 is 23.2 Å². The lowest BCUT2D eigenvalue weighted by atomic mass is 10.1. The fraction of sp³-hybridized carbons (Fsp3) is 0.316. The van der Waals surface area contributed by atoms with Crippen molar-refractivity contribution in [2.24, 2.45) is 0 Å². The molecule has 1 heterocycles. The third-order valence-corrected chi connectivity index (χ3v) is 4.09. The van der Waals surface area contributed by atoms with Crippen LogP contribution in [-0.4, -0.2) is 29.8 Å². The first-order chi connectivity index (χ1) is 11.3. The number of alkyl halides is 2. The zero-order valence-electron chi connectivity index (χ0n) is 13.2. The number of nitrogens with zero attached hydrogens (tertiary/aromatic N) is 2. The van der Waals surface area contributed by atoms with Gasteiger partial charge in [-0.1, -0.05) is 24.3 Å². The van der Waals surface area contributed by atoms with Gasteiger partial charge in [-0.25, -0.2) is 0 Å². The number of pyridine rings is 1. The number of benzene rings is 1. The van der Waals surface area contributed by atoms with Crippen LogP contribution in [0, 0.1) is 0 Å². The third kappa shape index (κ3) is 6.25. The fourth-order valence-corrected chi connectivity index (χ4v) is 2.57. The van der Waals surface area contributed by atoms with Crippen LogP contribution < -0.4 is 4.90 Å². The van der Waals surface area contributed by atoms with Crippen molar-refractivity contribution in [3.05, 3.63) is 59.9 Å². The normalized spacial score (nSPS) is 11.0. The molecule has 0 atom stereocenters. The van der Waals surface area contributed by atoms with Gasteiger partial charge in [-0.15, -0.1) is 23.2 Å². The molecule has 2 nitrogen and oxygen atoms in total. The molecule has 0 bridgehead atoms. The van der Waals surface area contributed by atoms with Gasteiger partial charge in [0, 0.05) is 42.9 Å². The smallest absolute Gasteiger partial charge is 0.0366 e. The average Bonchev–Trinajstić information content (AvgIpc) is 2.62. The van der Waals surface area contributed by atoms with E-state index in [2.05, 4.69) is 46.3 Å². The van der Waals surface area contributed by atoms with Crippen molar-refractivity contribution in [1.29, 1.82) is 0 Å². The molecule has 23 heavy (non-hydrogen) atoms. The molecule has 122 valence electrons. The molecule has 0 aliphatic carbocycles. The lowest BCUT2D eigenvalue weighted by molar-refractivity contribution is 0.749. The van der Waals surface area contributed by atoms with E-state index in [0.29, 0.717) is 11.8 Å². The van der Waals surface area contributed by atoms with E-state index in [-0.39, 0.29) is 0 Å². The highest BCUT2D eigenvalue weighted by atomic mass is 35.5. The van der Waals surface area contributed by atoms with Crippen molar-refractivity contribution >= 4 is 41.0 Å². The summed E-state index contributed by atoms with van der Waals surface area (Å²) in [4.78, 5) is 6.37. The van der Waals surface area contributed by atoms with Crippen molar-refractivity contribution in [3.8, 4) is 0 Å². The second kappa shape index (κ2) is 10.3. The van der Waals surface area contributed by atoms with Gasteiger partial charge in [-0.2, -0.15) is 0 Å². The van der Waals surface area contributed by atoms with Gasteiger partial charge < -0.3 is 4.90 Å². The Bertz CT molecular complexity index is 574. The molecule has 0 saturated heterocycles. The zero-order valence-corrected chi connectivity index (χ0v) is 14.7. The molecule has 1 aromatic heterocycles. The zero-order chi connectivity index (χ0) is 16.3. The van der Waals surface area contributed by atoms with E-state index < -0.39 is 0 Å². The highest BCUT2D eigenvalue weighted by Crippen LogP contribution is 2.18. The first-order valence-corrected chi connectivity index (χ1v) is 8.95. The van der Waals surface area contributed by atoms with Gasteiger partial charge >= 0.3 is 0 Å². The van der Waals surface area contributed by atoms with Gasteiger partial charge in [0.05, 0.1) is 0 Å². The van der Waals surface area contributed by atoms with E-state index in [9.17, 15) is 0 Å². The molecule has 2 rings (SSSR count). The van der Waals surface area contributed by atoms with Crippen LogP contribution in [0.1, 0.15) is 24.0 Å². The largest absolute Gasteiger partial charge is 0.371 e. The quantitative estimate of drug-likeness (QED) is 0.570. The van der Waals surface area contributed by atoms with Gasteiger partial charge in [0.1, 0.15) is 0 Å². The first kappa shape index (κ1) is 17.8. The van der Waals surface area contributed by atoms with Crippen LogP contribution in [0.3, 0.4) is 0 Å². The summed E-state index contributed by atoms with van der Waals surface area (Å²) in [6.07, 6.45) is 9.76. The molecular formula is C19H22Cl2N2. The summed E-state index contributed by atoms with van der Waals surface area (Å²) in [6, 6.07) is 12.6. The molecule has 0 amide bonds. The minimum atomic E-state index is 0.685. The molecule has 4 heteroatoms. The van der Waals surface area contributed by atoms with Crippen molar-refractivity contribution in [2.75, 3.05) is 29.7 Å². The minimum Gasteiger partial charge on any atom is -0.371 e. The van der Waals surface area contributed by atoms with Crippen molar-refractivity contribution < 1.29 is 0 Å². The minimum absolute atomic E-state index is 0.685. The van der Waals surface area contributed by atoms with Crippen molar-refractivity contribution in [1.82, 2.24) is 4.98 Å². The van der Waals surface area contributed by atoms with E-state index in [1.165, 1.54) is 11.3 Å². The molecule has 2 aromatic rings. The highest BCUT2D eigenvalue weighted by molar-refractivity contribution is 6.18. The Morgan fingerprint density at radius 1 is 0.783 bits per heavy atom. The summed E-state index contributed by atoms with van der Waals surface area (Å²) in [5.74, 6) is 1.37. The Hall–Kier alpha value is -1.51. The summed E-state index contributed by atoms with van der Waals surface area (Å²) in [6.45, 7) is 1.93. The second-order valence-electron chi connectivity index (χ2n) is 5.28. The molecule has 0 aliphatic heterocycles. The molecule has 0 radical (unpaired) electrons. The third-order valence-electron chi connectivity index (χ3n) is 3.56. The number of anilines is 1. The molecule has 0 unspecified atom stereocenters. The van der Waals surface area contributed by atoms with Crippen LogP contribution in [0.5, 0.6) is 0 Å².